The summed E-state index contributed by atoms with van der Waals surface area (Å²) in [6, 6.07) is 12.5. The Labute approximate surface area is 148 Å². The fourth-order valence-electron chi connectivity index (χ4n) is 3.44. The molecule has 0 radical (unpaired) electrons. The van der Waals surface area contributed by atoms with Gasteiger partial charge in [-0.3, -0.25) is 4.31 Å². The molecule has 5 nitrogen and oxygen atoms in total. The molecule has 1 unspecified atom stereocenters. The van der Waals surface area contributed by atoms with E-state index < -0.39 is 10.0 Å². The van der Waals surface area contributed by atoms with Crippen LogP contribution < -0.4 is 13.8 Å². The molecule has 2 aliphatic heterocycles. The van der Waals surface area contributed by atoms with Gasteiger partial charge in [0.15, 0.2) is 11.5 Å². The molecular formula is C19H21NO4S. The summed E-state index contributed by atoms with van der Waals surface area (Å²) in [6.07, 6.45) is 2.48. The molecular weight excluding hydrogens is 338 g/mol. The van der Waals surface area contributed by atoms with Crippen molar-refractivity contribution in [1.82, 2.24) is 0 Å². The molecule has 0 aliphatic carbocycles. The predicted octanol–water partition coefficient (Wildman–Crippen LogP) is 3.38. The number of aryl methyl sites for hydroxylation is 1. The first-order valence-electron chi connectivity index (χ1n) is 8.59. The first-order chi connectivity index (χ1) is 12.1. The van der Waals surface area contributed by atoms with Crippen LogP contribution in [0.5, 0.6) is 11.5 Å². The van der Waals surface area contributed by atoms with Crippen LogP contribution in [0.1, 0.15) is 25.3 Å². The van der Waals surface area contributed by atoms with Gasteiger partial charge in [0.25, 0.3) is 10.0 Å². The topological polar surface area (TPSA) is 55.8 Å². The molecule has 2 aromatic carbocycles. The number of nitrogens with zero attached hydrogens (tertiary/aromatic N) is 1. The van der Waals surface area contributed by atoms with E-state index in [0.717, 1.165) is 30.5 Å². The van der Waals surface area contributed by atoms with Crippen molar-refractivity contribution in [2.45, 2.75) is 37.1 Å². The minimum Gasteiger partial charge on any atom is -0.490 e. The van der Waals surface area contributed by atoms with Gasteiger partial charge in [0.2, 0.25) is 0 Å². The van der Waals surface area contributed by atoms with Gasteiger partial charge in [0.1, 0.15) is 0 Å². The molecule has 6 heteroatoms. The van der Waals surface area contributed by atoms with Gasteiger partial charge in [-0.2, -0.15) is 0 Å². The summed E-state index contributed by atoms with van der Waals surface area (Å²) in [7, 11) is -3.67. The second kappa shape index (κ2) is 6.26. The van der Waals surface area contributed by atoms with Crippen LogP contribution >= 0.6 is 0 Å². The lowest BCUT2D eigenvalue weighted by Gasteiger charge is -2.36. The fraction of sp³-hybridized carbons (Fsp3) is 0.368. The molecule has 2 aromatic rings. The Bertz CT molecular complexity index is 894. The molecule has 0 saturated heterocycles. The number of ether oxygens (including phenoxy) is 2. The number of hydrogen-bond acceptors (Lipinski definition) is 4. The van der Waals surface area contributed by atoms with Crippen molar-refractivity contribution >= 4 is 15.7 Å². The molecule has 25 heavy (non-hydrogen) atoms. The number of anilines is 1. The molecule has 2 heterocycles. The number of benzene rings is 2. The molecule has 0 amide bonds. The first-order valence-corrected chi connectivity index (χ1v) is 10.0. The van der Waals surface area contributed by atoms with Gasteiger partial charge >= 0.3 is 0 Å². The lowest BCUT2D eigenvalue weighted by Crippen LogP contribution is -2.42. The van der Waals surface area contributed by atoms with Gasteiger partial charge in [-0.05, 0) is 43.5 Å². The van der Waals surface area contributed by atoms with Crippen LogP contribution in [0.15, 0.2) is 47.4 Å². The number of rotatable bonds is 2. The van der Waals surface area contributed by atoms with E-state index in [-0.39, 0.29) is 10.9 Å². The smallest absolute Gasteiger partial charge is 0.264 e. The van der Waals surface area contributed by atoms with Crippen molar-refractivity contribution in [2.75, 3.05) is 17.5 Å². The van der Waals surface area contributed by atoms with Crippen LogP contribution in [0, 0.1) is 0 Å². The zero-order valence-electron chi connectivity index (χ0n) is 14.1. The number of hydrogen-bond donors (Lipinski definition) is 0. The van der Waals surface area contributed by atoms with Gasteiger partial charge in [0.05, 0.1) is 23.8 Å². The van der Waals surface area contributed by atoms with E-state index in [0.29, 0.717) is 24.7 Å². The van der Waals surface area contributed by atoms with Gasteiger partial charge in [-0.1, -0.05) is 18.2 Å². The average Bonchev–Trinajstić information content (AvgIpc) is 2.86. The van der Waals surface area contributed by atoms with Gasteiger partial charge in [0, 0.05) is 18.5 Å². The predicted molar refractivity (Wildman–Crippen MR) is 95.9 cm³/mol. The van der Waals surface area contributed by atoms with Crippen LogP contribution in [-0.4, -0.2) is 27.7 Å². The van der Waals surface area contributed by atoms with E-state index >= 15 is 0 Å². The highest BCUT2D eigenvalue weighted by Crippen LogP contribution is 2.38. The Balaban J connectivity index is 1.79. The lowest BCUT2D eigenvalue weighted by atomic mass is 9.99. The molecule has 0 fully saturated rings. The quantitative estimate of drug-likeness (QED) is 0.825. The summed E-state index contributed by atoms with van der Waals surface area (Å²) in [5.41, 5.74) is 1.84. The van der Waals surface area contributed by atoms with Crippen molar-refractivity contribution in [2.24, 2.45) is 0 Å². The second-order valence-electron chi connectivity index (χ2n) is 6.48. The maximum absolute atomic E-state index is 13.4. The van der Waals surface area contributed by atoms with E-state index in [1.54, 1.807) is 22.5 Å². The van der Waals surface area contributed by atoms with Gasteiger partial charge in [-0.15, -0.1) is 0 Å². The number of fused-ring (bicyclic) bond motifs is 2. The maximum atomic E-state index is 13.4. The Morgan fingerprint density at radius 1 is 1.04 bits per heavy atom. The monoisotopic (exact) mass is 359 g/mol. The van der Waals surface area contributed by atoms with Crippen molar-refractivity contribution in [3.05, 3.63) is 48.0 Å². The molecule has 1 atom stereocenters. The summed E-state index contributed by atoms with van der Waals surface area (Å²) in [6.45, 7) is 3.06. The second-order valence-corrected chi connectivity index (χ2v) is 8.29. The fourth-order valence-corrected chi connectivity index (χ4v) is 5.18. The number of sulfonamides is 1. The van der Waals surface area contributed by atoms with E-state index in [1.807, 2.05) is 31.2 Å². The molecule has 0 bridgehead atoms. The highest BCUT2D eigenvalue weighted by atomic mass is 32.2. The van der Waals surface area contributed by atoms with Crippen molar-refractivity contribution in [1.29, 1.82) is 0 Å². The largest absolute Gasteiger partial charge is 0.490 e. The minimum atomic E-state index is -3.67. The third-order valence-electron chi connectivity index (χ3n) is 4.74. The van der Waals surface area contributed by atoms with E-state index in [2.05, 4.69) is 0 Å². The summed E-state index contributed by atoms with van der Waals surface area (Å²) < 4.78 is 39.5. The summed E-state index contributed by atoms with van der Waals surface area (Å²) in [5.74, 6) is 1.10. The third-order valence-corrected chi connectivity index (χ3v) is 6.66. The molecule has 0 saturated carbocycles. The van der Waals surface area contributed by atoms with Gasteiger partial charge in [-0.25, -0.2) is 8.42 Å². The lowest BCUT2D eigenvalue weighted by molar-refractivity contribution is 0.297. The Hall–Kier alpha value is -2.21. The third kappa shape index (κ3) is 2.84. The first kappa shape index (κ1) is 16.3. The molecule has 0 spiro atoms. The molecule has 0 N–H and O–H groups in total. The number of para-hydroxylation sites is 1. The Morgan fingerprint density at radius 2 is 1.80 bits per heavy atom. The standard InChI is InChI=1S/C19H21NO4S/c1-14-7-8-15-5-2-3-6-17(15)20(14)25(21,22)16-9-10-18-19(13-16)24-12-4-11-23-18/h2-3,5-6,9-10,13-14H,4,7-8,11-12H2,1H3. The van der Waals surface area contributed by atoms with Gasteiger partial charge < -0.3 is 9.47 Å². The average molecular weight is 359 g/mol. The summed E-state index contributed by atoms with van der Waals surface area (Å²) in [5, 5.41) is 0. The van der Waals surface area contributed by atoms with Crippen molar-refractivity contribution in [3.8, 4) is 11.5 Å². The van der Waals surface area contributed by atoms with Crippen molar-refractivity contribution < 1.29 is 17.9 Å². The normalized spacial score (nSPS) is 19.9. The Morgan fingerprint density at radius 3 is 2.64 bits per heavy atom. The Kier molecular flexibility index (Phi) is 4.07. The highest BCUT2D eigenvalue weighted by molar-refractivity contribution is 7.92. The molecule has 132 valence electrons. The van der Waals surface area contributed by atoms with E-state index in [1.165, 1.54) is 0 Å². The zero-order valence-corrected chi connectivity index (χ0v) is 15.0. The van der Waals surface area contributed by atoms with Crippen LogP contribution in [0.4, 0.5) is 5.69 Å². The van der Waals surface area contributed by atoms with Crippen LogP contribution in [-0.2, 0) is 16.4 Å². The van der Waals surface area contributed by atoms with E-state index in [9.17, 15) is 8.42 Å². The minimum absolute atomic E-state index is 0.0871. The molecule has 4 rings (SSSR count). The molecule has 2 aliphatic rings. The van der Waals surface area contributed by atoms with Crippen LogP contribution in [0.2, 0.25) is 0 Å². The maximum Gasteiger partial charge on any atom is 0.264 e. The summed E-state index contributed by atoms with van der Waals surface area (Å²) in [4.78, 5) is 0.236. The van der Waals surface area contributed by atoms with E-state index in [4.69, 9.17) is 9.47 Å². The van der Waals surface area contributed by atoms with Crippen LogP contribution in [0.3, 0.4) is 0 Å². The van der Waals surface area contributed by atoms with Crippen LogP contribution in [0.25, 0.3) is 0 Å². The molecule has 0 aromatic heterocycles. The SMILES string of the molecule is CC1CCc2ccccc2N1S(=O)(=O)c1ccc2c(c1)OCCCO2. The highest BCUT2D eigenvalue weighted by Gasteiger charge is 2.34. The summed E-state index contributed by atoms with van der Waals surface area (Å²) >= 11 is 0. The zero-order chi connectivity index (χ0) is 17.4. The van der Waals surface area contributed by atoms with Crippen molar-refractivity contribution in [3.63, 3.8) is 0 Å².